The van der Waals surface area contributed by atoms with E-state index in [0.29, 0.717) is 5.56 Å². The third kappa shape index (κ3) is 4.81. The molecular weight excluding hydrogens is 631 g/mol. The van der Waals surface area contributed by atoms with Crippen LogP contribution in [0.2, 0.25) is 0 Å². The third-order valence-electron chi connectivity index (χ3n) is 10.4. The van der Waals surface area contributed by atoms with Crippen molar-refractivity contribution >= 4 is 43.6 Å². The average molecular weight is 662 g/mol. The fourth-order valence-electron chi connectivity index (χ4n) is 7.86. The van der Waals surface area contributed by atoms with Gasteiger partial charge in [-0.1, -0.05) is 121 Å². The smallest absolute Gasteiger partial charge is 0.0992 e. The maximum atomic E-state index is 9.55. The molecule has 0 saturated heterocycles. The van der Waals surface area contributed by atoms with Crippen LogP contribution in [0.3, 0.4) is 0 Å². The van der Waals surface area contributed by atoms with Gasteiger partial charge < -0.3 is 9.13 Å². The summed E-state index contributed by atoms with van der Waals surface area (Å²) in [5.74, 6) is 0. The van der Waals surface area contributed by atoms with E-state index >= 15 is 0 Å². The first-order valence-electron chi connectivity index (χ1n) is 17.6. The maximum absolute atomic E-state index is 9.55. The van der Waals surface area contributed by atoms with Gasteiger partial charge in [-0.2, -0.15) is 5.26 Å². The zero-order valence-electron chi connectivity index (χ0n) is 28.2. The molecule has 10 rings (SSSR count). The van der Waals surface area contributed by atoms with Crippen molar-refractivity contribution in [1.82, 2.24) is 9.13 Å². The van der Waals surface area contributed by atoms with Crippen LogP contribution in [-0.2, 0) is 0 Å². The van der Waals surface area contributed by atoms with Gasteiger partial charge in [-0.15, -0.1) is 0 Å². The molecule has 0 aliphatic rings. The van der Waals surface area contributed by atoms with E-state index in [1.54, 1.807) is 0 Å². The van der Waals surface area contributed by atoms with Crippen molar-refractivity contribution in [3.8, 4) is 50.8 Å². The number of benzene rings is 8. The number of rotatable bonds is 5. The molecule has 3 nitrogen and oxygen atoms in total. The van der Waals surface area contributed by atoms with E-state index in [2.05, 4.69) is 185 Å². The van der Waals surface area contributed by atoms with Crippen LogP contribution < -0.4 is 0 Å². The molecule has 0 fully saturated rings. The topological polar surface area (TPSA) is 33.6 Å². The van der Waals surface area contributed by atoms with Crippen molar-refractivity contribution in [1.29, 1.82) is 5.26 Å². The van der Waals surface area contributed by atoms with Gasteiger partial charge >= 0.3 is 0 Å². The van der Waals surface area contributed by atoms with Gasteiger partial charge in [-0.3, -0.25) is 0 Å². The van der Waals surface area contributed by atoms with Gasteiger partial charge in [0.15, 0.2) is 0 Å². The molecule has 0 saturated carbocycles. The van der Waals surface area contributed by atoms with E-state index in [1.165, 1.54) is 66.0 Å². The van der Waals surface area contributed by atoms with E-state index in [1.807, 2.05) is 18.2 Å². The summed E-state index contributed by atoms with van der Waals surface area (Å²) in [5, 5.41) is 14.4. The van der Waals surface area contributed by atoms with Crippen LogP contribution in [0.25, 0.3) is 88.4 Å². The van der Waals surface area contributed by atoms with Crippen molar-refractivity contribution < 1.29 is 0 Å². The quantitative estimate of drug-likeness (QED) is 0.181. The van der Waals surface area contributed by atoms with Gasteiger partial charge in [-0.05, 0) is 100 Å². The second kappa shape index (κ2) is 12.0. The zero-order valence-corrected chi connectivity index (χ0v) is 28.2. The molecule has 0 aliphatic carbocycles. The Kier molecular flexibility index (Phi) is 6.87. The number of hydrogen-bond acceptors (Lipinski definition) is 1. The highest BCUT2D eigenvalue weighted by Crippen LogP contribution is 2.38. The molecule has 0 unspecified atom stereocenters. The highest BCUT2D eigenvalue weighted by Gasteiger charge is 2.15. The second-order valence-electron chi connectivity index (χ2n) is 13.3. The standard InChI is InChI=1S/C49H31N3/c50-32-33-9-8-12-41(29-33)52-47-16-7-5-14-43(47)45-31-39(24-28-49(45)52)37-19-17-36(18-20-37)38-23-27-48-44(30-38)42-13-4-6-15-46(42)51(48)40-25-21-35(22-26-40)34-10-2-1-3-11-34/h1-31H. The van der Waals surface area contributed by atoms with Crippen LogP contribution in [0, 0.1) is 11.3 Å². The van der Waals surface area contributed by atoms with E-state index in [0.717, 1.165) is 22.4 Å². The molecule has 2 aromatic heterocycles. The number of hydrogen-bond donors (Lipinski definition) is 0. The second-order valence-corrected chi connectivity index (χ2v) is 13.3. The predicted octanol–water partition coefficient (Wildman–Crippen LogP) is 12.8. The Balaban J connectivity index is 1.02. The van der Waals surface area contributed by atoms with Crippen molar-refractivity contribution in [2.75, 3.05) is 0 Å². The molecule has 3 heteroatoms. The van der Waals surface area contributed by atoms with Crippen LogP contribution >= 0.6 is 0 Å². The van der Waals surface area contributed by atoms with Crippen LogP contribution in [0.4, 0.5) is 0 Å². The lowest BCUT2D eigenvalue weighted by atomic mass is 9.98. The van der Waals surface area contributed by atoms with Crippen LogP contribution in [0.15, 0.2) is 188 Å². The van der Waals surface area contributed by atoms with E-state index in [9.17, 15) is 5.26 Å². The molecule has 2 heterocycles. The van der Waals surface area contributed by atoms with Gasteiger partial charge in [0.05, 0.1) is 33.7 Å². The third-order valence-corrected chi connectivity index (χ3v) is 10.4. The predicted molar refractivity (Wildman–Crippen MR) is 216 cm³/mol. The van der Waals surface area contributed by atoms with Gasteiger partial charge in [0.1, 0.15) is 0 Å². The molecule has 0 atom stereocenters. The van der Waals surface area contributed by atoms with E-state index in [-0.39, 0.29) is 0 Å². The molecule has 0 spiro atoms. The molecular formula is C49H31N3. The summed E-state index contributed by atoms with van der Waals surface area (Å²) < 4.78 is 4.63. The Bertz CT molecular complexity index is 2990. The zero-order chi connectivity index (χ0) is 34.6. The molecule has 0 aliphatic heterocycles. The fourth-order valence-corrected chi connectivity index (χ4v) is 7.86. The first-order valence-corrected chi connectivity index (χ1v) is 17.6. The molecule has 0 amide bonds. The number of aromatic nitrogens is 2. The Labute approximate surface area is 301 Å². The molecule has 242 valence electrons. The largest absolute Gasteiger partial charge is 0.309 e. The first-order chi connectivity index (χ1) is 25.7. The fraction of sp³-hybridized carbons (Fsp3) is 0. The highest BCUT2D eigenvalue weighted by atomic mass is 15.0. The van der Waals surface area contributed by atoms with Crippen molar-refractivity contribution in [2.45, 2.75) is 0 Å². The number of nitriles is 1. The average Bonchev–Trinajstić information content (AvgIpc) is 3.73. The minimum Gasteiger partial charge on any atom is -0.309 e. The number of para-hydroxylation sites is 2. The van der Waals surface area contributed by atoms with E-state index in [4.69, 9.17) is 0 Å². The summed E-state index contributed by atoms with van der Waals surface area (Å²) in [4.78, 5) is 0. The van der Waals surface area contributed by atoms with Gasteiger partial charge in [0.2, 0.25) is 0 Å². The minimum absolute atomic E-state index is 0.652. The first kappa shape index (κ1) is 29.7. The van der Waals surface area contributed by atoms with Gasteiger partial charge in [0.25, 0.3) is 0 Å². The Morgan fingerprint density at radius 1 is 0.308 bits per heavy atom. The summed E-state index contributed by atoms with van der Waals surface area (Å²) in [5.41, 5.74) is 14.6. The highest BCUT2D eigenvalue weighted by molar-refractivity contribution is 6.11. The van der Waals surface area contributed by atoms with Crippen molar-refractivity contribution in [3.05, 3.63) is 194 Å². The number of fused-ring (bicyclic) bond motifs is 6. The lowest BCUT2D eigenvalue weighted by Crippen LogP contribution is -1.94. The number of nitrogens with zero attached hydrogens (tertiary/aromatic N) is 3. The molecule has 10 aromatic rings. The van der Waals surface area contributed by atoms with Crippen LogP contribution in [0.1, 0.15) is 5.56 Å². The van der Waals surface area contributed by atoms with Crippen LogP contribution in [-0.4, -0.2) is 9.13 Å². The Hall–Kier alpha value is -7.15. The van der Waals surface area contributed by atoms with E-state index < -0.39 is 0 Å². The summed E-state index contributed by atoms with van der Waals surface area (Å²) in [7, 11) is 0. The lowest BCUT2D eigenvalue weighted by Gasteiger charge is -2.10. The van der Waals surface area contributed by atoms with Crippen molar-refractivity contribution in [3.63, 3.8) is 0 Å². The molecule has 52 heavy (non-hydrogen) atoms. The minimum atomic E-state index is 0.652. The van der Waals surface area contributed by atoms with Gasteiger partial charge in [-0.25, -0.2) is 0 Å². The van der Waals surface area contributed by atoms with Crippen LogP contribution in [0.5, 0.6) is 0 Å². The lowest BCUT2D eigenvalue weighted by molar-refractivity contribution is 1.18. The normalized spacial score (nSPS) is 11.4. The SMILES string of the molecule is N#Cc1cccc(-n2c3ccccc3c3cc(-c4ccc(-c5ccc6c(c5)c5ccccc5n6-c5ccc(-c6ccccc6)cc5)cc4)ccc32)c1. The summed E-state index contributed by atoms with van der Waals surface area (Å²) in [6.07, 6.45) is 0. The van der Waals surface area contributed by atoms with Crippen molar-refractivity contribution in [2.24, 2.45) is 0 Å². The summed E-state index contributed by atoms with van der Waals surface area (Å²) in [6.45, 7) is 0. The Morgan fingerprint density at radius 2 is 0.750 bits per heavy atom. The molecule has 0 N–H and O–H groups in total. The molecule has 8 aromatic carbocycles. The molecule has 0 radical (unpaired) electrons. The maximum Gasteiger partial charge on any atom is 0.0992 e. The monoisotopic (exact) mass is 661 g/mol. The Morgan fingerprint density at radius 3 is 1.33 bits per heavy atom. The van der Waals surface area contributed by atoms with Gasteiger partial charge in [0, 0.05) is 32.9 Å². The summed E-state index contributed by atoms with van der Waals surface area (Å²) >= 11 is 0. The summed E-state index contributed by atoms with van der Waals surface area (Å²) in [6, 6.07) is 69.2. The molecule has 0 bridgehead atoms.